The van der Waals surface area contributed by atoms with Crippen LogP contribution in [-0.4, -0.2) is 46.5 Å². The van der Waals surface area contributed by atoms with Crippen LogP contribution in [0, 0.1) is 11.3 Å². The summed E-state index contributed by atoms with van der Waals surface area (Å²) in [5.74, 6) is 0.427. The molecule has 1 aliphatic heterocycles. The van der Waals surface area contributed by atoms with Gasteiger partial charge in [0.1, 0.15) is 0 Å². The molecule has 0 aromatic carbocycles. The molecule has 0 bridgehead atoms. The summed E-state index contributed by atoms with van der Waals surface area (Å²) in [6, 6.07) is 0.700. The third-order valence-corrected chi connectivity index (χ3v) is 7.03. The maximum atomic E-state index is 11.6. The molecule has 0 radical (unpaired) electrons. The molecule has 2 aliphatic carbocycles. The Balaban J connectivity index is 1.57. The van der Waals surface area contributed by atoms with E-state index in [0.29, 0.717) is 17.4 Å². The zero-order chi connectivity index (χ0) is 16.3. The molecule has 1 saturated heterocycles. The van der Waals surface area contributed by atoms with Gasteiger partial charge in [-0.2, -0.15) is 0 Å². The number of rotatable bonds is 5. The number of hydrogen-bond donors (Lipinski definition) is 2. The Hall–Kier alpha value is -0.170. The van der Waals surface area contributed by atoms with Crippen molar-refractivity contribution in [1.82, 2.24) is 10.0 Å². The molecule has 1 heterocycles. The highest BCUT2D eigenvalue weighted by molar-refractivity contribution is 7.88. The Bertz CT molecular complexity index is 488. The standard InChI is InChI=1S/C17H32N2O3S/c1-23(20,21)19-15-6-3-2-5-14(15)13-18-16-7-4-8-17(16)9-11-22-12-10-17/h14-16,18-19H,2-13H2,1H3/t14-,15+,16+/m0/s1. The minimum Gasteiger partial charge on any atom is -0.381 e. The van der Waals surface area contributed by atoms with E-state index in [-0.39, 0.29) is 6.04 Å². The predicted octanol–water partition coefficient (Wildman–Crippen LogP) is 2.03. The molecule has 134 valence electrons. The Kier molecular flexibility index (Phi) is 5.66. The van der Waals surface area contributed by atoms with E-state index in [1.54, 1.807) is 0 Å². The summed E-state index contributed by atoms with van der Waals surface area (Å²) in [5.41, 5.74) is 0.437. The number of nitrogens with one attached hydrogen (secondary N) is 2. The molecule has 3 fully saturated rings. The molecule has 0 unspecified atom stereocenters. The predicted molar refractivity (Wildman–Crippen MR) is 91.9 cm³/mol. The van der Waals surface area contributed by atoms with Gasteiger partial charge in [-0.05, 0) is 56.4 Å². The molecule has 2 N–H and O–H groups in total. The maximum absolute atomic E-state index is 11.6. The minimum atomic E-state index is -3.12. The second kappa shape index (κ2) is 7.38. The summed E-state index contributed by atoms with van der Waals surface area (Å²) in [7, 11) is -3.12. The first-order valence-electron chi connectivity index (χ1n) is 9.27. The van der Waals surface area contributed by atoms with Gasteiger partial charge in [0.25, 0.3) is 0 Å². The fraction of sp³-hybridized carbons (Fsp3) is 1.00. The van der Waals surface area contributed by atoms with Crippen LogP contribution in [0.25, 0.3) is 0 Å². The molecule has 0 amide bonds. The maximum Gasteiger partial charge on any atom is 0.208 e. The molecule has 3 aliphatic rings. The third kappa shape index (κ3) is 4.47. The molecular formula is C17H32N2O3S. The van der Waals surface area contributed by atoms with Crippen LogP contribution < -0.4 is 10.0 Å². The molecule has 1 spiro atoms. The third-order valence-electron chi connectivity index (χ3n) is 6.30. The first-order valence-corrected chi connectivity index (χ1v) is 11.2. The van der Waals surface area contributed by atoms with Crippen LogP contribution in [0.2, 0.25) is 0 Å². The Morgan fingerprint density at radius 1 is 1.04 bits per heavy atom. The number of hydrogen-bond acceptors (Lipinski definition) is 4. The van der Waals surface area contributed by atoms with E-state index in [9.17, 15) is 8.42 Å². The Morgan fingerprint density at radius 3 is 2.52 bits per heavy atom. The highest BCUT2D eigenvalue weighted by atomic mass is 32.2. The lowest BCUT2D eigenvalue weighted by Crippen LogP contribution is -2.50. The quantitative estimate of drug-likeness (QED) is 0.801. The van der Waals surface area contributed by atoms with E-state index in [2.05, 4.69) is 10.0 Å². The normalized spacial score (nSPS) is 34.7. The summed E-state index contributed by atoms with van der Waals surface area (Å²) in [4.78, 5) is 0. The Labute approximate surface area is 141 Å². The van der Waals surface area contributed by atoms with Crippen molar-refractivity contribution in [1.29, 1.82) is 0 Å². The van der Waals surface area contributed by atoms with Gasteiger partial charge in [0.05, 0.1) is 6.26 Å². The SMILES string of the molecule is CS(=O)(=O)N[C@@H]1CCCC[C@H]1CN[C@@H]1CCCC12CCOCC2. The lowest BCUT2D eigenvalue weighted by Gasteiger charge is -2.41. The molecular weight excluding hydrogens is 312 g/mol. The summed E-state index contributed by atoms with van der Waals surface area (Å²) in [6.07, 6.45) is 12.0. The van der Waals surface area contributed by atoms with E-state index >= 15 is 0 Å². The molecule has 0 aromatic rings. The smallest absolute Gasteiger partial charge is 0.208 e. The summed E-state index contributed by atoms with van der Waals surface area (Å²) < 4.78 is 31.6. The minimum absolute atomic E-state index is 0.110. The summed E-state index contributed by atoms with van der Waals surface area (Å²) in [5, 5.41) is 3.84. The van der Waals surface area contributed by atoms with Crippen LogP contribution in [0.5, 0.6) is 0 Å². The van der Waals surface area contributed by atoms with Crippen molar-refractivity contribution in [3.05, 3.63) is 0 Å². The zero-order valence-corrected chi connectivity index (χ0v) is 15.2. The van der Waals surface area contributed by atoms with Crippen molar-refractivity contribution < 1.29 is 13.2 Å². The van der Waals surface area contributed by atoms with Crippen molar-refractivity contribution in [3.8, 4) is 0 Å². The van der Waals surface area contributed by atoms with Crippen LogP contribution >= 0.6 is 0 Å². The van der Waals surface area contributed by atoms with Gasteiger partial charge in [0.15, 0.2) is 0 Å². The van der Waals surface area contributed by atoms with Crippen molar-refractivity contribution >= 4 is 10.0 Å². The van der Waals surface area contributed by atoms with E-state index in [1.165, 1.54) is 44.8 Å². The van der Waals surface area contributed by atoms with Gasteiger partial charge in [-0.15, -0.1) is 0 Å². The Morgan fingerprint density at radius 2 is 1.78 bits per heavy atom. The second-order valence-electron chi connectivity index (χ2n) is 7.87. The van der Waals surface area contributed by atoms with Crippen LogP contribution in [-0.2, 0) is 14.8 Å². The first kappa shape index (κ1) is 17.6. The molecule has 3 atom stereocenters. The largest absolute Gasteiger partial charge is 0.381 e. The lowest BCUT2D eigenvalue weighted by atomic mass is 9.75. The van der Waals surface area contributed by atoms with Crippen molar-refractivity contribution in [3.63, 3.8) is 0 Å². The molecule has 5 nitrogen and oxygen atoms in total. The van der Waals surface area contributed by atoms with Crippen LogP contribution in [0.4, 0.5) is 0 Å². The van der Waals surface area contributed by atoms with Crippen molar-refractivity contribution in [2.24, 2.45) is 11.3 Å². The van der Waals surface area contributed by atoms with E-state index in [1.807, 2.05) is 0 Å². The highest BCUT2D eigenvalue weighted by Crippen LogP contribution is 2.46. The van der Waals surface area contributed by atoms with Gasteiger partial charge in [-0.25, -0.2) is 13.1 Å². The highest BCUT2D eigenvalue weighted by Gasteiger charge is 2.43. The van der Waals surface area contributed by atoms with Gasteiger partial charge in [-0.3, -0.25) is 0 Å². The molecule has 6 heteroatoms. The monoisotopic (exact) mass is 344 g/mol. The molecule has 0 aromatic heterocycles. The lowest BCUT2D eigenvalue weighted by molar-refractivity contribution is 0.00341. The van der Waals surface area contributed by atoms with Crippen LogP contribution in [0.15, 0.2) is 0 Å². The topological polar surface area (TPSA) is 67.4 Å². The molecule has 2 saturated carbocycles. The molecule has 23 heavy (non-hydrogen) atoms. The average molecular weight is 345 g/mol. The summed E-state index contributed by atoms with van der Waals surface area (Å²) in [6.45, 7) is 2.75. The second-order valence-corrected chi connectivity index (χ2v) is 9.65. The van der Waals surface area contributed by atoms with Crippen molar-refractivity contribution in [2.45, 2.75) is 69.9 Å². The van der Waals surface area contributed by atoms with Crippen LogP contribution in [0.3, 0.4) is 0 Å². The van der Waals surface area contributed by atoms with Gasteiger partial charge in [0.2, 0.25) is 10.0 Å². The fourth-order valence-corrected chi connectivity index (χ4v) is 5.87. The number of ether oxygens (including phenoxy) is 1. The first-order chi connectivity index (χ1) is 11.0. The summed E-state index contributed by atoms with van der Waals surface area (Å²) >= 11 is 0. The van der Waals surface area contributed by atoms with Crippen LogP contribution in [0.1, 0.15) is 57.8 Å². The van der Waals surface area contributed by atoms with Gasteiger partial charge in [0, 0.05) is 25.3 Å². The van der Waals surface area contributed by atoms with Gasteiger partial charge in [-0.1, -0.05) is 19.3 Å². The molecule has 3 rings (SSSR count). The van der Waals surface area contributed by atoms with Gasteiger partial charge >= 0.3 is 0 Å². The zero-order valence-electron chi connectivity index (χ0n) is 14.4. The van der Waals surface area contributed by atoms with E-state index < -0.39 is 10.0 Å². The van der Waals surface area contributed by atoms with E-state index in [0.717, 1.165) is 39.0 Å². The number of sulfonamides is 1. The van der Waals surface area contributed by atoms with Gasteiger partial charge < -0.3 is 10.1 Å². The average Bonchev–Trinajstić information content (AvgIpc) is 2.88. The van der Waals surface area contributed by atoms with Crippen molar-refractivity contribution in [2.75, 3.05) is 26.0 Å². The fourth-order valence-electron chi connectivity index (χ4n) is 5.01. The van der Waals surface area contributed by atoms with E-state index in [4.69, 9.17) is 4.74 Å².